The van der Waals surface area contributed by atoms with E-state index in [-0.39, 0.29) is 0 Å². The zero-order chi connectivity index (χ0) is 14.7. The van der Waals surface area contributed by atoms with Crippen LogP contribution in [0.15, 0.2) is 12.2 Å². The van der Waals surface area contributed by atoms with E-state index in [0.717, 1.165) is 25.3 Å². The van der Waals surface area contributed by atoms with Crippen molar-refractivity contribution < 1.29 is 13.3 Å². The Hall–Kier alpha value is -0.163. The zero-order valence-electron chi connectivity index (χ0n) is 13.5. The van der Waals surface area contributed by atoms with E-state index in [4.69, 9.17) is 13.3 Å². The van der Waals surface area contributed by atoms with Gasteiger partial charge in [0.2, 0.25) is 0 Å². The van der Waals surface area contributed by atoms with Crippen molar-refractivity contribution in [1.29, 1.82) is 0 Å². The second kappa shape index (κ2) is 10.6. The lowest BCUT2D eigenvalue weighted by atomic mass is 10.0. The summed E-state index contributed by atoms with van der Waals surface area (Å²) in [5.41, 5.74) is 1.25. The van der Waals surface area contributed by atoms with Crippen LogP contribution in [0.5, 0.6) is 0 Å². The van der Waals surface area contributed by atoms with Crippen molar-refractivity contribution in [3.05, 3.63) is 12.2 Å². The number of hydrogen-bond donors (Lipinski definition) is 0. The first-order chi connectivity index (χ1) is 9.03. The maximum atomic E-state index is 5.92. The summed E-state index contributed by atoms with van der Waals surface area (Å²) in [5, 5.41) is 0. The largest absolute Gasteiger partial charge is 0.501 e. The smallest absolute Gasteiger partial charge is 0.374 e. The van der Waals surface area contributed by atoms with E-state index in [9.17, 15) is 0 Å². The molecule has 1 unspecified atom stereocenters. The van der Waals surface area contributed by atoms with E-state index in [1.807, 2.05) is 20.8 Å². The molecule has 0 saturated carbocycles. The highest BCUT2D eigenvalue weighted by atomic mass is 28.4. The van der Waals surface area contributed by atoms with Crippen molar-refractivity contribution in [1.82, 2.24) is 0 Å². The Bertz CT molecular complexity index is 227. The SMILES string of the molecule is C=C(C)CCC(CC)C[Si](OCC)(OCC)OCC. The van der Waals surface area contributed by atoms with Gasteiger partial charge in [0.15, 0.2) is 0 Å². The Labute approximate surface area is 120 Å². The third-order valence-electron chi connectivity index (χ3n) is 3.19. The molecule has 1 atom stereocenters. The van der Waals surface area contributed by atoms with E-state index in [1.165, 1.54) is 5.57 Å². The van der Waals surface area contributed by atoms with Gasteiger partial charge in [-0.15, -0.1) is 6.58 Å². The molecule has 0 aromatic rings. The van der Waals surface area contributed by atoms with E-state index in [2.05, 4.69) is 20.4 Å². The average molecular weight is 289 g/mol. The van der Waals surface area contributed by atoms with Crippen LogP contribution < -0.4 is 0 Å². The van der Waals surface area contributed by atoms with Crippen molar-refractivity contribution in [3.8, 4) is 0 Å². The predicted octanol–water partition coefficient (Wildman–Crippen LogP) is 4.42. The Morgan fingerprint density at radius 2 is 1.47 bits per heavy atom. The van der Waals surface area contributed by atoms with Crippen LogP contribution in [0.1, 0.15) is 53.9 Å². The lowest BCUT2D eigenvalue weighted by Gasteiger charge is -2.31. The molecule has 0 radical (unpaired) electrons. The van der Waals surface area contributed by atoms with Crippen LogP contribution in [-0.4, -0.2) is 28.6 Å². The van der Waals surface area contributed by atoms with Gasteiger partial charge in [-0.1, -0.05) is 18.9 Å². The third-order valence-corrected chi connectivity index (χ3v) is 6.45. The van der Waals surface area contributed by atoms with Gasteiger partial charge in [0.1, 0.15) is 0 Å². The molecule has 0 aliphatic rings. The lowest BCUT2D eigenvalue weighted by Crippen LogP contribution is -2.47. The molecule has 114 valence electrons. The molecule has 0 amide bonds. The first-order valence-corrected chi connectivity index (χ1v) is 9.52. The molecule has 0 bridgehead atoms. The van der Waals surface area contributed by atoms with Crippen LogP contribution in [0.2, 0.25) is 6.04 Å². The molecule has 19 heavy (non-hydrogen) atoms. The number of rotatable bonds is 12. The highest BCUT2D eigenvalue weighted by molar-refractivity contribution is 6.60. The van der Waals surface area contributed by atoms with E-state index in [0.29, 0.717) is 25.7 Å². The molecular weight excluding hydrogens is 256 g/mol. The van der Waals surface area contributed by atoms with Gasteiger partial charge in [0.25, 0.3) is 0 Å². The van der Waals surface area contributed by atoms with Crippen LogP contribution in [0.25, 0.3) is 0 Å². The second-order valence-electron chi connectivity index (χ2n) is 4.96. The molecule has 0 spiro atoms. The summed E-state index contributed by atoms with van der Waals surface area (Å²) in [5.74, 6) is 0.591. The third kappa shape index (κ3) is 7.87. The van der Waals surface area contributed by atoms with E-state index < -0.39 is 8.80 Å². The monoisotopic (exact) mass is 288 g/mol. The summed E-state index contributed by atoms with van der Waals surface area (Å²) in [7, 11) is -2.48. The van der Waals surface area contributed by atoms with Gasteiger partial charge < -0.3 is 13.3 Å². The standard InChI is InChI=1S/C15H32O3Si/c1-7-15(12-11-14(5)6)13-19(16-8-2,17-9-3)18-10-4/h15H,5,7-13H2,1-4,6H3. The molecule has 0 aliphatic carbocycles. The summed E-state index contributed by atoms with van der Waals surface area (Å²) in [6.45, 7) is 16.3. The van der Waals surface area contributed by atoms with Crippen molar-refractivity contribution in [2.75, 3.05) is 19.8 Å². The Balaban J connectivity index is 4.66. The summed E-state index contributed by atoms with van der Waals surface area (Å²) in [4.78, 5) is 0. The maximum absolute atomic E-state index is 5.92. The minimum atomic E-state index is -2.48. The summed E-state index contributed by atoms with van der Waals surface area (Å²) >= 11 is 0. The van der Waals surface area contributed by atoms with Crippen LogP contribution in [-0.2, 0) is 13.3 Å². The van der Waals surface area contributed by atoms with Gasteiger partial charge in [-0.25, -0.2) is 0 Å². The number of allylic oxidation sites excluding steroid dienone is 1. The van der Waals surface area contributed by atoms with E-state index in [1.54, 1.807) is 0 Å². The van der Waals surface area contributed by atoms with Crippen LogP contribution >= 0.6 is 0 Å². The van der Waals surface area contributed by atoms with Crippen LogP contribution in [0.4, 0.5) is 0 Å². The first-order valence-electron chi connectivity index (χ1n) is 7.59. The lowest BCUT2D eigenvalue weighted by molar-refractivity contribution is 0.0664. The molecule has 0 saturated heterocycles. The molecule has 0 heterocycles. The Morgan fingerprint density at radius 3 is 1.79 bits per heavy atom. The van der Waals surface area contributed by atoms with Crippen LogP contribution in [0.3, 0.4) is 0 Å². The summed E-state index contributed by atoms with van der Waals surface area (Å²) < 4.78 is 17.8. The van der Waals surface area contributed by atoms with Crippen LogP contribution in [0, 0.1) is 5.92 Å². The molecule has 0 aliphatic heterocycles. The van der Waals surface area contributed by atoms with Gasteiger partial charge in [0, 0.05) is 25.9 Å². The fourth-order valence-corrected chi connectivity index (χ4v) is 5.34. The van der Waals surface area contributed by atoms with E-state index >= 15 is 0 Å². The molecule has 4 heteroatoms. The molecule has 0 aromatic carbocycles. The average Bonchev–Trinajstić information content (AvgIpc) is 2.35. The first kappa shape index (κ1) is 18.8. The molecule has 3 nitrogen and oxygen atoms in total. The molecule has 0 N–H and O–H groups in total. The van der Waals surface area contributed by atoms with Crippen molar-refractivity contribution in [3.63, 3.8) is 0 Å². The fourth-order valence-electron chi connectivity index (χ4n) is 2.22. The molecule has 0 fully saturated rings. The minimum absolute atomic E-state index is 0.591. The number of hydrogen-bond acceptors (Lipinski definition) is 3. The highest BCUT2D eigenvalue weighted by Crippen LogP contribution is 2.27. The minimum Gasteiger partial charge on any atom is -0.374 e. The molecule has 0 aromatic heterocycles. The topological polar surface area (TPSA) is 27.7 Å². The van der Waals surface area contributed by atoms with Gasteiger partial charge in [0.05, 0.1) is 0 Å². The van der Waals surface area contributed by atoms with Gasteiger partial charge >= 0.3 is 8.80 Å². The molecular formula is C15H32O3Si. The zero-order valence-corrected chi connectivity index (χ0v) is 14.5. The van der Waals surface area contributed by atoms with Crippen molar-refractivity contribution in [2.24, 2.45) is 5.92 Å². The quantitative estimate of drug-likeness (QED) is 0.393. The van der Waals surface area contributed by atoms with Crippen molar-refractivity contribution in [2.45, 2.75) is 59.9 Å². The Morgan fingerprint density at radius 1 is 1.00 bits per heavy atom. The summed E-state index contributed by atoms with van der Waals surface area (Å²) in [6.07, 6.45) is 3.36. The highest BCUT2D eigenvalue weighted by Gasteiger charge is 2.42. The van der Waals surface area contributed by atoms with Crippen molar-refractivity contribution >= 4 is 8.80 Å². The predicted molar refractivity (Wildman–Crippen MR) is 83.3 cm³/mol. The summed E-state index contributed by atoms with van der Waals surface area (Å²) in [6, 6.07) is 0.923. The van der Waals surface area contributed by atoms with Gasteiger partial charge in [-0.3, -0.25) is 0 Å². The maximum Gasteiger partial charge on any atom is 0.501 e. The Kier molecular flexibility index (Phi) is 10.5. The van der Waals surface area contributed by atoms with Gasteiger partial charge in [-0.2, -0.15) is 0 Å². The normalized spacial score (nSPS) is 13.5. The fraction of sp³-hybridized carbons (Fsp3) is 0.867. The second-order valence-corrected chi connectivity index (χ2v) is 7.60. The molecule has 0 rings (SSSR count). The van der Waals surface area contributed by atoms with Gasteiger partial charge in [-0.05, 0) is 46.5 Å².